The third-order valence-corrected chi connectivity index (χ3v) is 5.99. The van der Waals surface area contributed by atoms with Crippen LogP contribution in [0.1, 0.15) is 39.5 Å². The summed E-state index contributed by atoms with van der Waals surface area (Å²) in [5, 5.41) is 0. The highest BCUT2D eigenvalue weighted by atomic mass is 16.2. The van der Waals surface area contributed by atoms with Gasteiger partial charge in [0.25, 0.3) is 0 Å². The molecule has 1 aromatic rings. The molecule has 0 saturated carbocycles. The van der Waals surface area contributed by atoms with E-state index in [4.69, 9.17) is 0 Å². The number of piperidine rings is 2. The van der Waals surface area contributed by atoms with E-state index in [0.29, 0.717) is 31.5 Å². The Labute approximate surface area is 163 Å². The number of likely N-dealkylation sites (tertiary alicyclic amines) is 2. The second-order valence-electron chi connectivity index (χ2n) is 8.04. The van der Waals surface area contributed by atoms with Gasteiger partial charge in [0.2, 0.25) is 11.8 Å². The molecule has 0 aliphatic carbocycles. The Morgan fingerprint density at radius 1 is 1.04 bits per heavy atom. The molecule has 5 nitrogen and oxygen atoms in total. The molecule has 3 rings (SSSR count). The van der Waals surface area contributed by atoms with E-state index in [9.17, 15) is 9.59 Å². The van der Waals surface area contributed by atoms with E-state index in [-0.39, 0.29) is 11.8 Å². The number of para-hydroxylation sites is 1. The summed E-state index contributed by atoms with van der Waals surface area (Å²) in [7, 11) is 0. The number of anilines is 1. The van der Waals surface area contributed by atoms with E-state index in [2.05, 4.69) is 23.6 Å². The van der Waals surface area contributed by atoms with Gasteiger partial charge in [-0.15, -0.1) is 0 Å². The van der Waals surface area contributed by atoms with E-state index >= 15 is 0 Å². The van der Waals surface area contributed by atoms with Crippen molar-refractivity contribution in [3.05, 3.63) is 30.3 Å². The molecule has 0 aromatic heterocycles. The first-order chi connectivity index (χ1) is 13.1. The number of amides is 2. The average Bonchev–Trinajstić information content (AvgIpc) is 2.72. The molecule has 2 fully saturated rings. The number of carbonyl (C=O) groups is 2. The molecule has 27 heavy (non-hydrogen) atoms. The van der Waals surface area contributed by atoms with Crippen molar-refractivity contribution in [3.63, 3.8) is 0 Å². The van der Waals surface area contributed by atoms with E-state index in [0.717, 1.165) is 44.6 Å². The largest absolute Gasteiger partial charge is 0.362 e. The molecule has 0 spiro atoms. The van der Waals surface area contributed by atoms with Gasteiger partial charge in [-0.05, 0) is 50.7 Å². The zero-order chi connectivity index (χ0) is 19.2. The summed E-state index contributed by atoms with van der Waals surface area (Å²) in [6.07, 6.45) is 3.95. The monoisotopic (exact) mass is 371 g/mol. The zero-order valence-corrected chi connectivity index (χ0v) is 16.8. The number of rotatable bonds is 5. The van der Waals surface area contributed by atoms with Crippen molar-refractivity contribution in [2.75, 3.05) is 44.2 Å². The molecule has 2 aliphatic heterocycles. The summed E-state index contributed by atoms with van der Waals surface area (Å²) in [6.45, 7) is 8.72. The highest BCUT2D eigenvalue weighted by Crippen LogP contribution is 2.24. The van der Waals surface area contributed by atoms with E-state index < -0.39 is 0 Å². The van der Waals surface area contributed by atoms with Gasteiger partial charge in [-0.3, -0.25) is 9.59 Å². The second kappa shape index (κ2) is 9.25. The lowest BCUT2D eigenvalue weighted by atomic mass is 9.92. The Morgan fingerprint density at radius 3 is 2.37 bits per heavy atom. The molecule has 2 aliphatic rings. The van der Waals surface area contributed by atoms with Crippen LogP contribution in [0, 0.1) is 11.8 Å². The Kier molecular flexibility index (Phi) is 6.75. The molecule has 2 saturated heterocycles. The lowest BCUT2D eigenvalue weighted by Crippen LogP contribution is -2.48. The van der Waals surface area contributed by atoms with Crippen molar-refractivity contribution in [2.24, 2.45) is 11.8 Å². The van der Waals surface area contributed by atoms with Gasteiger partial charge in [-0.25, -0.2) is 0 Å². The lowest BCUT2D eigenvalue weighted by Gasteiger charge is -2.37. The number of likely N-dealkylation sites (N-methyl/N-ethyl adjacent to an activating group) is 1. The van der Waals surface area contributed by atoms with E-state index in [1.165, 1.54) is 6.42 Å². The SMILES string of the molecule is CCN(CC(=O)N1CCC(C(=O)N2CCCC(C)C2)CC1)c1ccccc1. The fourth-order valence-corrected chi connectivity index (χ4v) is 4.31. The molecule has 0 N–H and O–H groups in total. The normalized spacial score (nSPS) is 21.2. The van der Waals surface area contributed by atoms with Crippen LogP contribution in [0.2, 0.25) is 0 Å². The van der Waals surface area contributed by atoms with Gasteiger partial charge in [0, 0.05) is 44.3 Å². The molecule has 5 heteroatoms. The zero-order valence-electron chi connectivity index (χ0n) is 16.8. The minimum atomic E-state index is 0.0933. The quantitative estimate of drug-likeness (QED) is 0.799. The summed E-state index contributed by atoms with van der Waals surface area (Å²) in [4.78, 5) is 31.7. The van der Waals surface area contributed by atoms with Gasteiger partial charge in [0.1, 0.15) is 0 Å². The summed E-state index contributed by atoms with van der Waals surface area (Å²) < 4.78 is 0. The van der Waals surface area contributed by atoms with Gasteiger partial charge in [-0.1, -0.05) is 25.1 Å². The van der Waals surface area contributed by atoms with E-state index in [1.54, 1.807) is 0 Å². The molecule has 1 unspecified atom stereocenters. The molecule has 0 radical (unpaired) electrons. The maximum atomic E-state index is 12.8. The first-order valence-electron chi connectivity index (χ1n) is 10.4. The topological polar surface area (TPSA) is 43.9 Å². The van der Waals surface area contributed by atoms with Crippen molar-refractivity contribution in [3.8, 4) is 0 Å². The molecular formula is C22H33N3O2. The Balaban J connectivity index is 1.49. The highest BCUT2D eigenvalue weighted by molar-refractivity contribution is 5.83. The fourth-order valence-electron chi connectivity index (χ4n) is 4.31. The average molecular weight is 372 g/mol. The maximum Gasteiger partial charge on any atom is 0.242 e. The number of hydrogen-bond acceptors (Lipinski definition) is 3. The third kappa shape index (κ3) is 5.02. The summed E-state index contributed by atoms with van der Waals surface area (Å²) >= 11 is 0. The van der Waals surface area contributed by atoms with Crippen LogP contribution in [0.3, 0.4) is 0 Å². The van der Waals surface area contributed by atoms with Crippen molar-refractivity contribution in [1.82, 2.24) is 9.80 Å². The molecule has 2 amide bonds. The van der Waals surface area contributed by atoms with Crippen LogP contribution in [0.5, 0.6) is 0 Å². The molecule has 148 valence electrons. The number of carbonyl (C=O) groups excluding carboxylic acids is 2. The second-order valence-corrected chi connectivity index (χ2v) is 8.04. The number of hydrogen-bond donors (Lipinski definition) is 0. The molecule has 1 atom stereocenters. The summed E-state index contributed by atoms with van der Waals surface area (Å²) in [6, 6.07) is 10.1. The van der Waals surface area contributed by atoms with Gasteiger partial charge in [0.15, 0.2) is 0 Å². The number of benzene rings is 1. The highest BCUT2D eigenvalue weighted by Gasteiger charge is 2.32. The summed E-state index contributed by atoms with van der Waals surface area (Å²) in [5.74, 6) is 1.18. The summed E-state index contributed by atoms with van der Waals surface area (Å²) in [5.41, 5.74) is 1.08. The van der Waals surface area contributed by atoms with Crippen LogP contribution in [0.4, 0.5) is 5.69 Å². The van der Waals surface area contributed by atoms with Gasteiger partial charge in [0.05, 0.1) is 6.54 Å². The van der Waals surface area contributed by atoms with Crippen LogP contribution >= 0.6 is 0 Å². The first kappa shape index (κ1) is 19.7. The first-order valence-corrected chi connectivity index (χ1v) is 10.4. The van der Waals surface area contributed by atoms with Crippen molar-refractivity contribution in [2.45, 2.75) is 39.5 Å². The van der Waals surface area contributed by atoms with Crippen LogP contribution in [0.25, 0.3) is 0 Å². The van der Waals surface area contributed by atoms with Crippen molar-refractivity contribution < 1.29 is 9.59 Å². The molecular weight excluding hydrogens is 338 g/mol. The smallest absolute Gasteiger partial charge is 0.242 e. The minimum absolute atomic E-state index is 0.0933. The standard InChI is InChI=1S/C22H33N3O2/c1-3-23(20-9-5-4-6-10-20)17-21(26)24-14-11-19(12-15-24)22(27)25-13-7-8-18(2)16-25/h4-6,9-10,18-19H,3,7-8,11-17H2,1-2H3. The molecule has 2 heterocycles. The Morgan fingerprint density at radius 2 is 1.74 bits per heavy atom. The lowest BCUT2D eigenvalue weighted by molar-refractivity contribution is -0.141. The maximum absolute atomic E-state index is 12.8. The fraction of sp³-hybridized carbons (Fsp3) is 0.636. The Bertz CT molecular complexity index is 626. The van der Waals surface area contributed by atoms with Crippen LogP contribution in [-0.2, 0) is 9.59 Å². The predicted molar refractivity (Wildman–Crippen MR) is 109 cm³/mol. The Hall–Kier alpha value is -2.04. The number of nitrogens with zero attached hydrogens (tertiary/aromatic N) is 3. The van der Waals surface area contributed by atoms with Gasteiger partial charge in [-0.2, -0.15) is 0 Å². The minimum Gasteiger partial charge on any atom is -0.362 e. The van der Waals surface area contributed by atoms with E-state index in [1.807, 2.05) is 35.2 Å². The third-order valence-electron chi connectivity index (χ3n) is 5.99. The van der Waals surface area contributed by atoms with Crippen LogP contribution in [0.15, 0.2) is 30.3 Å². The predicted octanol–water partition coefficient (Wildman–Crippen LogP) is 3.01. The van der Waals surface area contributed by atoms with Crippen LogP contribution < -0.4 is 4.90 Å². The van der Waals surface area contributed by atoms with Crippen molar-refractivity contribution >= 4 is 17.5 Å². The molecule has 0 bridgehead atoms. The molecule has 1 aromatic carbocycles. The van der Waals surface area contributed by atoms with Gasteiger partial charge >= 0.3 is 0 Å². The van der Waals surface area contributed by atoms with Crippen molar-refractivity contribution in [1.29, 1.82) is 0 Å². The van der Waals surface area contributed by atoms with Crippen LogP contribution in [-0.4, -0.2) is 60.9 Å². The van der Waals surface area contributed by atoms with Gasteiger partial charge < -0.3 is 14.7 Å².